The molecule has 0 spiro atoms. The van der Waals surface area contributed by atoms with E-state index in [0.29, 0.717) is 6.42 Å². The van der Waals surface area contributed by atoms with Crippen LogP contribution in [-0.4, -0.2) is 60.5 Å². The molecule has 0 aromatic heterocycles. The summed E-state index contributed by atoms with van der Waals surface area (Å²) < 4.78 is 25.7. The monoisotopic (exact) mass is 356 g/mol. The van der Waals surface area contributed by atoms with Gasteiger partial charge in [0, 0.05) is 5.57 Å². The average molecular weight is 356 g/mol. The summed E-state index contributed by atoms with van der Waals surface area (Å²) in [5.41, 5.74) is -1.16. The first-order valence-corrected chi connectivity index (χ1v) is 7.72. The zero-order chi connectivity index (χ0) is 18.6. The zero-order valence-electron chi connectivity index (χ0n) is 13.9. The molecule has 4 unspecified atom stereocenters. The fourth-order valence-corrected chi connectivity index (χ4v) is 2.58. The fourth-order valence-electron chi connectivity index (χ4n) is 2.58. The first-order valence-electron chi connectivity index (χ1n) is 7.72. The highest BCUT2D eigenvalue weighted by molar-refractivity contribution is 5.87. The van der Waals surface area contributed by atoms with E-state index in [1.54, 1.807) is 12.2 Å². The third kappa shape index (κ3) is 4.11. The minimum absolute atomic E-state index is 0.147. The van der Waals surface area contributed by atoms with E-state index in [1.165, 1.54) is 6.92 Å². The lowest BCUT2D eigenvalue weighted by molar-refractivity contribution is -0.149. The van der Waals surface area contributed by atoms with Crippen molar-refractivity contribution in [3.8, 4) is 0 Å². The second kappa shape index (κ2) is 7.56. The van der Waals surface area contributed by atoms with Crippen LogP contribution >= 0.6 is 0 Å². The average Bonchev–Trinajstić information content (AvgIpc) is 3.08. The van der Waals surface area contributed by atoms with Gasteiger partial charge in [-0.1, -0.05) is 19.6 Å². The molecule has 25 heavy (non-hydrogen) atoms. The van der Waals surface area contributed by atoms with Gasteiger partial charge in [-0.25, -0.2) is 14.4 Å². The molecule has 1 saturated heterocycles. The topological polar surface area (TPSA) is 118 Å². The minimum Gasteiger partial charge on any atom is -0.459 e. The molecule has 4 atom stereocenters. The molecule has 138 valence electrons. The summed E-state index contributed by atoms with van der Waals surface area (Å²) in [7, 11) is 0. The number of carbonyl (C=O) groups excluding carboxylic acids is 2. The van der Waals surface area contributed by atoms with Crippen LogP contribution in [0.5, 0.6) is 0 Å². The number of rotatable bonds is 7. The summed E-state index contributed by atoms with van der Waals surface area (Å²) in [5.74, 6) is -0.648. The quantitative estimate of drug-likeness (QED) is 0.315. The number of esters is 1. The second-order valence-corrected chi connectivity index (χ2v) is 5.74. The van der Waals surface area contributed by atoms with Crippen molar-refractivity contribution in [2.45, 2.75) is 44.2 Å². The molecular weight excluding hydrogens is 336 g/mol. The van der Waals surface area contributed by atoms with E-state index in [0.717, 1.165) is 0 Å². The predicted molar refractivity (Wildman–Crippen MR) is 81.9 cm³/mol. The molecule has 0 aromatic rings. The molecule has 0 aliphatic carbocycles. The number of fused-ring (bicyclic) bond motifs is 2. The van der Waals surface area contributed by atoms with Crippen LogP contribution in [0.15, 0.2) is 24.3 Å². The van der Waals surface area contributed by atoms with Crippen molar-refractivity contribution in [2.24, 2.45) is 0 Å². The number of ether oxygens (including phenoxy) is 5. The summed E-state index contributed by atoms with van der Waals surface area (Å²) in [4.78, 5) is 34.4. The van der Waals surface area contributed by atoms with E-state index in [-0.39, 0.29) is 18.8 Å². The summed E-state index contributed by atoms with van der Waals surface area (Å²) in [6.07, 6.45) is -1.82. The highest BCUT2D eigenvalue weighted by Gasteiger charge is 2.62. The van der Waals surface area contributed by atoms with Gasteiger partial charge in [-0.3, -0.25) is 0 Å². The highest BCUT2D eigenvalue weighted by atomic mass is 16.8. The van der Waals surface area contributed by atoms with Gasteiger partial charge in [0.05, 0.1) is 6.61 Å². The van der Waals surface area contributed by atoms with Crippen LogP contribution in [0.3, 0.4) is 0 Å². The van der Waals surface area contributed by atoms with Crippen molar-refractivity contribution >= 4 is 18.3 Å². The standard InChI is InChI=1S/C16H20O9/c1-4-7-21-15(20)24-12-11(23-14(18)19)10-5-6-16(12,25-10)8-22-13(17)9(2)3/h5-6,10-12H,2,4,7-8H2,1,3H3,(H,18,19). The van der Waals surface area contributed by atoms with Crippen LogP contribution in [0.4, 0.5) is 9.59 Å². The molecule has 9 nitrogen and oxygen atoms in total. The molecule has 1 fully saturated rings. The van der Waals surface area contributed by atoms with Gasteiger partial charge in [-0.2, -0.15) is 0 Å². The van der Waals surface area contributed by atoms with Gasteiger partial charge in [-0.15, -0.1) is 0 Å². The third-order valence-corrected chi connectivity index (χ3v) is 3.69. The maximum Gasteiger partial charge on any atom is 0.508 e. The van der Waals surface area contributed by atoms with Crippen molar-refractivity contribution < 1.29 is 43.2 Å². The normalized spacial score (nSPS) is 29.1. The van der Waals surface area contributed by atoms with Crippen LogP contribution < -0.4 is 0 Å². The molecule has 2 bridgehead atoms. The molecule has 2 rings (SSSR count). The van der Waals surface area contributed by atoms with Gasteiger partial charge >= 0.3 is 18.3 Å². The van der Waals surface area contributed by atoms with E-state index < -0.39 is 42.2 Å². The Morgan fingerprint density at radius 2 is 2.00 bits per heavy atom. The predicted octanol–water partition coefficient (Wildman–Crippen LogP) is 1.81. The van der Waals surface area contributed by atoms with Crippen molar-refractivity contribution in [1.82, 2.24) is 0 Å². The van der Waals surface area contributed by atoms with Crippen LogP contribution in [0.25, 0.3) is 0 Å². The molecule has 1 N–H and O–H groups in total. The Balaban J connectivity index is 2.15. The largest absolute Gasteiger partial charge is 0.508 e. The Labute approximate surface area is 144 Å². The molecule has 0 radical (unpaired) electrons. The molecule has 0 amide bonds. The van der Waals surface area contributed by atoms with Crippen LogP contribution in [0, 0.1) is 0 Å². The van der Waals surface area contributed by atoms with Crippen molar-refractivity contribution in [2.75, 3.05) is 13.2 Å². The first-order chi connectivity index (χ1) is 11.8. The van der Waals surface area contributed by atoms with Crippen LogP contribution in [-0.2, 0) is 28.5 Å². The number of hydrogen-bond acceptors (Lipinski definition) is 8. The van der Waals surface area contributed by atoms with Gasteiger partial charge in [0.2, 0.25) is 0 Å². The SMILES string of the molecule is C=C(C)C(=O)OCC12C=CC(O1)C(OC(=O)O)C2OC(=O)OCCC. The first kappa shape index (κ1) is 18.8. The van der Waals surface area contributed by atoms with Gasteiger partial charge in [0.1, 0.15) is 12.7 Å². The lowest BCUT2D eigenvalue weighted by Gasteiger charge is -2.31. The Hall–Kier alpha value is -2.55. The van der Waals surface area contributed by atoms with E-state index in [1.807, 2.05) is 6.92 Å². The van der Waals surface area contributed by atoms with Crippen molar-refractivity contribution in [1.29, 1.82) is 0 Å². The minimum atomic E-state index is -1.54. The number of hydrogen-bond donors (Lipinski definition) is 1. The molecule has 2 aliphatic heterocycles. The van der Waals surface area contributed by atoms with Crippen LogP contribution in [0.2, 0.25) is 0 Å². The van der Waals surface area contributed by atoms with E-state index in [9.17, 15) is 14.4 Å². The summed E-state index contributed by atoms with van der Waals surface area (Å²) in [5, 5.41) is 8.90. The van der Waals surface area contributed by atoms with Crippen LogP contribution in [0.1, 0.15) is 20.3 Å². The number of carboxylic acid groups (broad SMARTS) is 1. The lowest BCUT2D eigenvalue weighted by atomic mass is 9.90. The molecule has 2 heterocycles. The van der Waals surface area contributed by atoms with Gasteiger partial charge in [-0.05, 0) is 19.4 Å². The maximum absolute atomic E-state index is 11.8. The second-order valence-electron chi connectivity index (χ2n) is 5.74. The van der Waals surface area contributed by atoms with E-state index in [2.05, 4.69) is 6.58 Å². The number of carbonyl (C=O) groups is 3. The van der Waals surface area contributed by atoms with Gasteiger partial charge in [0.25, 0.3) is 0 Å². The highest BCUT2D eigenvalue weighted by Crippen LogP contribution is 2.42. The van der Waals surface area contributed by atoms with Crippen molar-refractivity contribution in [3.63, 3.8) is 0 Å². The molecule has 9 heteroatoms. The molecule has 0 saturated carbocycles. The Morgan fingerprint density at radius 1 is 1.28 bits per heavy atom. The fraction of sp³-hybridized carbons (Fsp3) is 0.562. The Morgan fingerprint density at radius 3 is 2.60 bits per heavy atom. The van der Waals surface area contributed by atoms with E-state index in [4.69, 9.17) is 28.8 Å². The van der Waals surface area contributed by atoms with Crippen molar-refractivity contribution in [3.05, 3.63) is 24.3 Å². The smallest absolute Gasteiger partial charge is 0.459 e. The Bertz CT molecular complexity index is 596. The Kier molecular flexibility index (Phi) is 5.68. The van der Waals surface area contributed by atoms with E-state index >= 15 is 0 Å². The summed E-state index contributed by atoms with van der Waals surface area (Å²) >= 11 is 0. The van der Waals surface area contributed by atoms with Gasteiger partial charge < -0.3 is 28.8 Å². The third-order valence-electron chi connectivity index (χ3n) is 3.69. The molecule has 0 aromatic carbocycles. The molecular formula is C16H20O9. The maximum atomic E-state index is 11.8. The van der Waals surface area contributed by atoms with Gasteiger partial charge in [0.15, 0.2) is 17.8 Å². The zero-order valence-corrected chi connectivity index (χ0v) is 13.9. The molecule has 2 aliphatic rings. The lowest BCUT2D eigenvalue weighted by Crippen LogP contribution is -2.50. The summed E-state index contributed by atoms with van der Waals surface area (Å²) in [6, 6.07) is 0. The summed E-state index contributed by atoms with van der Waals surface area (Å²) in [6.45, 7) is 6.62.